The first-order valence-corrected chi connectivity index (χ1v) is 9.79. The summed E-state index contributed by atoms with van der Waals surface area (Å²) in [5.41, 5.74) is 1.90. The predicted octanol–water partition coefficient (Wildman–Crippen LogP) is 3.10. The molecule has 4 heterocycles. The molecule has 2 aromatic heterocycles. The molecule has 3 aromatic rings. The van der Waals surface area contributed by atoms with Gasteiger partial charge in [-0.2, -0.15) is 4.98 Å². The lowest BCUT2D eigenvalue weighted by Crippen LogP contribution is -2.25. The normalized spacial score (nSPS) is 15.3. The fourth-order valence-corrected chi connectivity index (χ4v) is 3.95. The highest BCUT2D eigenvalue weighted by atomic mass is 16.7. The predicted molar refractivity (Wildman–Crippen MR) is 106 cm³/mol. The van der Waals surface area contributed by atoms with E-state index in [0.29, 0.717) is 40.5 Å². The molecule has 5 rings (SSSR count). The fraction of sp³-hybridized carbons (Fsp3) is 0.381. The summed E-state index contributed by atoms with van der Waals surface area (Å²) in [5.74, 6) is 3.19. The van der Waals surface area contributed by atoms with Crippen molar-refractivity contribution in [1.82, 2.24) is 15.3 Å². The number of ether oxygens (including phenoxy) is 2. The molecule has 0 saturated carbocycles. The number of aromatic nitrogens is 2. The van der Waals surface area contributed by atoms with Crippen molar-refractivity contribution >= 4 is 22.8 Å². The lowest BCUT2D eigenvalue weighted by molar-refractivity contribution is 0.0950. The minimum absolute atomic E-state index is 0.202. The van der Waals surface area contributed by atoms with Gasteiger partial charge in [0.1, 0.15) is 17.4 Å². The smallest absolute Gasteiger partial charge is 0.255 e. The molecule has 2 aliphatic heterocycles. The van der Waals surface area contributed by atoms with Crippen LogP contribution >= 0.6 is 0 Å². The van der Waals surface area contributed by atoms with Crippen molar-refractivity contribution in [2.75, 3.05) is 24.8 Å². The van der Waals surface area contributed by atoms with Crippen molar-refractivity contribution in [3.63, 3.8) is 0 Å². The van der Waals surface area contributed by atoms with Crippen molar-refractivity contribution in [2.45, 2.75) is 33.2 Å². The molecule has 1 aromatic carbocycles. The van der Waals surface area contributed by atoms with Crippen LogP contribution in [0.1, 0.15) is 40.3 Å². The van der Waals surface area contributed by atoms with Crippen molar-refractivity contribution in [3.05, 3.63) is 40.9 Å². The summed E-state index contributed by atoms with van der Waals surface area (Å²) in [5, 5.41) is 3.68. The molecule has 1 fully saturated rings. The molecule has 29 heavy (non-hydrogen) atoms. The summed E-state index contributed by atoms with van der Waals surface area (Å²) in [6.07, 6.45) is 2.24. The monoisotopic (exact) mass is 394 g/mol. The maximum Gasteiger partial charge on any atom is 0.255 e. The number of nitrogens with one attached hydrogen (secondary N) is 1. The zero-order valence-electron chi connectivity index (χ0n) is 16.4. The van der Waals surface area contributed by atoms with E-state index < -0.39 is 0 Å². The third kappa shape index (κ3) is 3.14. The second-order valence-electron chi connectivity index (χ2n) is 7.37. The molecule has 1 amide bonds. The molecule has 0 aliphatic carbocycles. The summed E-state index contributed by atoms with van der Waals surface area (Å²) in [7, 11) is 0. The Hall–Kier alpha value is -3.29. The van der Waals surface area contributed by atoms with Crippen LogP contribution in [0.3, 0.4) is 0 Å². The summed E-state index contributed by atoms with van der Waals surface area (Å²) in [6.45, 7) is 6.08. The molecule has 8 nitrogen and oxygen atoms in total. The second-order valence-corrected chi connectivity index (χ2v) is 7.37. The van der Waals surface area contributed by atoms with Gasteiger partial charge in [-0.1, -0.05) is 6.07 Å². The number of amides is 1. The van der Waals surface area contributed by atoms with Crippen LogP contribution in [0, 0.1) is 13.8 Å². The van der Waals surface area contributed by atoms with Crippen molar-refractivity contribution in [1.29, 1.82) is 0 Å². The van der Waals surface area contributed by atoms with Crippen LogP contribution in [-0.2, 0) is 6.54 Å². The molecule has 8 heteroatoms. The van der Waals surface area contributed by atoms with Gasteiger partial charge in [0.05, 0.1) is 10.9 Å². The first-order valence-electron chi connectivity index (χ1n) is 9.79. The number of aryl methyl sites for hydroxylation is 2. The number of hydrogen-bond acceptors (Lipinski definition) is 7. The number of carbonyl (C=O) groups excluding carboxylic acids is 1. The highest BCUT2D eigenvalue weighted by Gasteiger charge is 2.27. The first kappa shape index (κ1) is 17.8. The average Bonchev–Trinajstić information content (AvgIpc) is 3.44. The van der Waals surface area contributed by atoms with E-state index in [0.717, 1.165) is 43.1 Å². The van der Waals surface area contributed by atoms with Crippen LogP contribution in [0.2, 0.25) is 0 Å². The van der Waals surface area contributed by atoms with Gasteiger partial charge in [0.2, 0.25) is 12.5 Å². The van der Waals surface area contributed by atoms with Gasteiger partial charge in [0, 0.05) is 19.6 Å². The van der Waals surface area contributed by atoms with Gasteiger partial charge >= 0.3 is 0 Å². The highest BCUT2D eigenvalue weighted by Crippen LogP contribution is 2.34. The Labute approximate surface area is 167 Å². The van der Waals surface area contributed by atoms with Crippen molar-refractivity contribution in [3.8, 4) is 11.5 Å². The van der Waals surface area contributed by atoms with Crippen molar-refractivity contribution in [2.24, 2.45) is 0 Å². The molecule has 0 radical (unpaired) electrons. The lowest BCUT2D eigenvalue weighted by Gasteiger charge is -2.18. The molecule has 0 spiro atoms. The number of nitrogens with zero attached hydrogens (tertiary/aromatic N) is 3. The maximum atomic E-state index is 13.1. The van der Waals surface area contributed by atoms with Gasteiger partial charge in [-0.3, -0.25) is 4.79 Å². The van der Waals surface area contributed by atoms with E-state index >= 15 is 0 Å². The zero-order valence-corrected chi connectivity index (χ0v) is 16.4. The van der Waals surface area contributed by atoms with Crippen LogP contribution in [0.5, 0.6) is 11.5 Å². The van der Waals surface area contributed by atoms with Crippen LogP contribution in [-0.4, -0.2) is 35.8 Å². The maximum absolute atomic E-state index is 13.1. The summed E-state index contributed by atoms with van der Waals surface area (Å²) < 4.78 is 16.6. The molecule has 1 saturated heterocycles. The van der Waals surface area contributed by atoms with E-state index in [1.807, 2.05) is 25.1 Å². The third-order valence-corrected chi connectivity index (χ3v) is 5.34. The Bertz CT molecular complexity index is 1100. The molecule has 0 bridgehead atoms. The molecule has 2 aliphatic rings. The quantitative estimate of drug-likeness (QED) is 0.727. The van der Waals surface area contributed by atoms with Crippen LogP contribution in [0.25, 0.3) is 11.1 Å². The number of benzene rings is 1. The van der Waals surface area contributed by atoms with Crippen LogP contribution in [0.15, 0.2) is 22.6 Å². The van der Waals surface area contributed by atoms with Gasteiger partial charge in [-0.15, -0.1) is 0 Å². The molecule has 1 N–H and O–H groups in total. The Balaban J connectivity index is 1.46. The lowest BCUT2D eigenvalue weighted by atomic mass is 10.1. The average molecular weight is 394 g/mol. The summed E-state index contributed by atoms with van der Waals surface area (Å²) in [4.78, 5) is 24.4. The minimum Gasteiger partial charge on any atom is -0.454 e. The third-order valence-electron chi connectivity index (χ3n) is 5.34. The molecule has 150 valence electrons. The van der Waals surface area contributed by atoms with Gasteiger partial charge in [-0.05, 0) is 44.4 Å². The van der Waals surface area contributed by atoms with Gasteiger partial charge in [0.25, 0.3) is 5.91 Å². The van der Waals surface area contributed by atoms with E-state index in [1.165, 1.54) is 0 Å². The number of furan rings is 1. The number of fused-ring (bicyclic) bond motifs is 2. The highest BCUT2D eigenvalue weighted by molar-refractivity contribution is 6.10. The second kappa shape index (κ2) is 6.95. The Morgan fingerprint density at radius 2 is 1.93 bits per heavy atom. The van der Waals surface area contributed by atoms with E-state index in [4.69, 9.17) is 13.9 Å². The Kier molecular flexibility index (Phi) is 4.26. The Morgan fingerprint density at radius 3 is 2.76 bits per heavy atom. The van der Waals surface area contributed by atoms with E-state index in [9.17, 15) is 4.79 Å². The van der Waals surface area contributed by atoms with Gasteiger partial charge in [-0.25, -0.2) is 4.98 Å². The number of rotatable bonds is 4. The molecular formula is C21H22N4O4. The largest absolute Gasteiger partial charge is 0.454 e. The minimum atomic E-state index is -0.202. The van der Waals surface area contributed by atoms with Gasteiger partial charge in [0.15, 0.2) is 11.5 Å². The number of hydrogen-bond donors (Lipinski definition) is 1. The molecule has 0 atom stereocenters. The molecule has 0 unspecified atom stereocenters. The van der Waals surface area contributed by atoms with E-state index in [2.05, 4.69) is 20.2 Å². The fourth-order valence-electron chi connectivity index (χ4n) is 3.95. The topological polar surface area (TPSA) is 89.7 Å². The van der Waals surface area contributed by atoms with Crippen molar-refractivity contribution < 1.29 is 18.7 Å². The number of carbonyl (C=O) groups is 1. The summed E-state index contributed by atoms with van der Waals surface area (Å²) in [6, 6.07) is 5.64. The SMILES string of the molecule is Cc1nc(N2CCCC2)c2c(C(=O)NCc3ccc4c(c3)OCO4)c(C)oc2n1. The van der Waals surface area contributed by atoms with Gasteiger partial charge < -0.3 is 24.1 Å². The van der Waals surface area contributed by atoms with E-state index in [1.54, 1.807) is 6.92 Å². The molecular weight excluding hydrogens is 372 g/mol. The summed E-state index contributed by atoms with van der Waals surface area (Å²) >= 11 is 0. The standard InChI is InChI=1S/C21H22N4O4/c1-12-17(20(26)22-10-14-5-6-15-16(9-14)28-11-27-15)18-19(25-7-3-4-8-25)23-13(2)24-21(18)29-12/h5-6,9H,3-4,7-8,10-11H2,1-2H3,(H,22,26). The van der Waals surface area contributed by atoms with Crippen LogP contribution in [0.4, 0.5) is 5.82 Å². The van der Waals surface area contributed by atoms with Crippen LogP contribution < -0.4 is 19.7 Å². The zero-order chi connectivity index (χ0) is 20.0. The number of anilines is 1. The van der Waals surface area contributed by atoms with E-state index in [-0.39, 0.29) is 12.7 Å². The first-order chi connectivity index (χ1) is 14.1. The Morgan fingerprint density at radius 1 is 1.14 bits per heavy atom.